The Morgan fingerprint density at radius 1 is 0.953 bits per heavy atom. The summed E-state index contributed by atoms with van der Waals surface area (Å²) in [6, 6.07) is 17.7. The molecule has 1 aliphatic heterocycles. The van der Waals surface area contributed by atoms with Crippen molar-refractivity contribution in [1.29, 1.82) is 0 Å². The van der Waals surface area contributed by atoms with E-state index in [4.69, 9.17) is 23.8 Å². The molecule has 2 aromatic heterocycles. The predicted molar refractivity (Wildman–Crippen MR) is 176 cm³/mol. The highest BCUT2D eigenvalue weighted by atomic mass is 31.2. The van der Waals surface area contributed by atoms with Crippen molar-refractivity contribution in [3.8, 4) is 5.75 Å². The molecule has 10 nitrogen and oxygen atoms in total. The maximum atomic E-state index is 6.34. The highest BCUT2D eigenvalue weighted by Crippen LogP contribution is 2.39. The minimum absolute atomic E-state index is 0.0552. The van der Waals surface area contributed by atoms with Crippen molar-refractivity contribution in [3.63, 3.8) is 0 Å². The fraction of sp³-hybridized carbons (Fsp3) is 0.438. The van der Waals surface area contributed by atoms with Gasteiger partial charge in [0.2, 0.25) is 14.3 Å². The maximum Gasteiger partial charge on any atom is 0.231 e. The third-order valence-electron chi connectivity index (χ3n) is 8.18. The lowest BCUT2D eigenvalue weighted by molar-refractivity contribution is 0.198. The third kappa shape index (κ3) is 6.73. The van der Waals surface area contributed by atoms with Gasteiger partial charge < -0.3 is 39.2 Å². The first-order chi connectivity index (χ1) is 20.9. The summed E-state index contributed by atoms with van der Waals surface area (Å²) in [5.41, 5.74) is 3.60. The summed E-state index contributed by atoms with van der Waals surface area (Å²) in [6.45, 7) is 6.19. The van der Waals surface area contributed by atoms with Gasteiger partial charge in [-0.1, -0.05) is 12.1 Å². The number of rotatable bonds is 12. The quantitative estimate of drug-likeness (QED) is 0.156. The van der Waals surface area contributed by atoms with Gasteiger partial charge in [0, 0.05) is 57.3 Å². The molecule has 0 bridgehead atoms. The minimum atomic E-state index is -1.22. The van der Waals surface area contributed by atoms with Gasteiger partial charge >= 0.3 is 0 Å². The van der Waals surface area contributed by atoms with Crippen molar-refractivity contribution in [2.45, 2.75) is 57.7 Å². The zero-order chi connectivity index (χ0) is 29.9. The molecule has 2 aromatic carbocycles. The Hall–Kier alpha value is -3.43. The lowest BCUT2D eigenvalue weighted by Gasteiger charge is -2.38. The Labute approximate surface area is 255 Å². The van der Waals surface area contributed by atoms with Gasteiger partial charge in [0.1, 0.15) is 17.2 Å². The topological polar surface area (TPSA) is 99.8 Å². The lowest BCUT2D eigenvalue weighted by atomic mass is 10.0. The molecule has 0 spiro atoms. The number of H-pyrrole nitrogens is 1. The molecule has 11 heteroatoms. The van der Waals surface area contributed by atoms with Crippen LogP contribution in [-0.4, -0.2) is 72.4 Å². The van der Waals surface area contributed by atoms with E-state index in [2.05, 4.69) is 64.5 Å². The Morgan fingerprint density at radius 3 is 2.42 bits per heavy atom. The first-order valence-electron chi connectivity index (χ1n) is 15.1. The second-order valence-electron chi connectivity index (χ2n) is 11.5. The van der Waals surface area contributed by atoms with E-state index in [0.29, 0.717) is 17.8 Å². The van der Waals surface area contributed by atoms with Crippen molar-refractivity contribution in [3.05, 3.63) is 54.7 Å². The number of hydrogen-bond acceptors (Lipinski definition) is 9. The number of nitrogens with one attached hydrogen (secondary N) is 3. The van der Waals surface area contributed by atoms with Crippen LogP contribution in [0.3, 0.4) is 0 Å². The average molecular weight is 604 g/mol. The summed E-state index contributed by atoms with van der Waals surface area (Å²) in [4.78, 5) is 17.9. The minimum Gasteiger partial charge on any atom is -0.489 e. The summed E-state index contributed by atoms with van der Waals surface area (Å²) in [5.74, 6) is 2.02. The molecule has 3 heterocycles. The van der Waals surface area contributed by atoms with Crippen LogP contribution in [-0.2, 0) is 9.05 Å². The van der Waals surface area contributed by atoms with Crippen molar-refractivity contribution in [2.75, 3.05) is 49.9 Å². The number of aromatic nitrogens is 3. The molecule has 0 radical (unpaired) electrons. The Balaban J connectivity index is 1.24. The van der Waals surface area contributed by atoms with Crippen molar-refractivity contribution < 1.29 is 13.8 Å². The van der Waals surface area contributed by atoms with Crippen LogP contribution in [0.4, 0.5) is 28.8 Å². The lowest BCUT2D eigenvalue weighted by Crippen LogP contribution is -2.44. The zero-order valence-corrected chi connectivity index (χ0v) is 26.5. The van der Waals surface area contributed by atoms with Gasteiger partial charge in [0.15, 0.2) is 0 Å². The molecule has 0 amide bonds. The van der Waals surface area contributed by atoms with Crippen LogP contribution >= 0.6 is 8.38 Å². The van der Waals surface area contributed by atoms with Crippen LogP contribution in [0.15, 0.2) is 54.7 Å². The van der Waals surface area contributed by atoms with Gasteiger partial charge in [0.05, 0.1) is 28.2 Å². The fourth-order valence-electron chi connectivity index (χ4n) is 5.85. The van der Waals surface area contributed by atoms with E-state index in [-0.39, 0.29) is 6.10 Å². The number of benzene rings is 2. The summed E-state index contributed by atoms with van der Waals surface area (Å²) >= 11 is 0. The van der Waals surface area contributed by atoms with Gasteiger partial charge in [-0.25, -0.2) is 0 Å². The Bertz CT molecular complexity index is 1530. The number of piperidine rings is 1. The third-order valence-corrected chi connectivity index (χ3v) is 9.63. The largest absolute Gasteiger partial charge is 0.489 e. The molecule has 4 aromatic rings. The molecule has 43 heavy (non-hydrogen) atoms. The molecule has 6 rings (SSSR count). The molecule has 0 atom stereocenters. The molecular formula is C32H42N7O3P. The molecule has 1 aliphatic carbocycles. The van der Waals surface area contributed by atoms with Crippen LogP contribution in [0, 0.1) is 0 Å². The van der Waals surface area contributed by atoms with Crippen LogP contribution in [0.5, 0.6) is 5.75 Å². The van der Waals surface area contributed by atoms with Crippen molar-refractivity contribution in [2.24, 2.45) is 0 Å². The molecule has 228 valence electrons. The Kier molecular flexibility index (Phi) is 9.00. The molecule has 3 N–H and O–H groups in total. The SMILES string of the molecule is COP(OC)c1ccccc1Nc1nc(Nc2ccc(N3CCC(N(C)C4CC4)CC3)c(OC(C)C)c2)nc2[nH]ccc12. The highest BCUT2D eigenvalue weighted by molar-refractivity contribution is 7.56. The summed E-state index contributed by atoms with van der Waals surface area (Å²) in [7, 11) is 4.39. The summed E-state index contributed by atoms with van der Waals surface area (Å²) < 4.78 is 17.5. The van der Waals surface area contributed by atoms with Crippen molar-refractivity contribution >= 4 is 53.5 Å². The predicted octanol–water partition coefficient (Wildman–Crippen LogP) is 6.53. The fourth-order valence-corrected chi connectivity index (χ4v) is 6.93. The van der Waals surface area contributed by atoms with E-state index >= 15 is 0 Å². The highest BCUT2D eigenvalue weighted by Gasteiger charge is 2.33. The number of fused-ring (bicyclic) bond motifs is 1. The normalized spacial score (nSPS) is 16.0. The van der Waals surface area contributed by atoms with E-state index < -0.39 is 8.38 Å². The number of hydrogen-bond donors (Lipinski definition) is 3. The average Bonchev–Trinajstić information content (AvgIpc) is 3.75. The van der Waals surface area contributed by atoms with Gasteiger partial charge in [-0.05, 0) is 76.9 Å². The molecule has 0 unspecified atom stereocenters. The number of aromatic amines is 1. The molecule has 1 saturated carbocycles. The van der Waals surface area contributed by atoms with Crippen LogP contribution in [0.2, 0.25) is 0 Å². The second-order valence-corrected chi connectivity index (χ2v) is 13.2. The molecule has 1 saturated heterocycles. The first-order valence-corrected chi connectivity index (χ1v) is 16.3. The molecule has 2 aliphatic rings. The van der Waals surface area contributed by atoms with E-state index in [9.17, 15) is 0 Å². The van der Waals surface area contributed by atoms with Gasteiger partial charge in [0.25, 0.3) is 0 Å². The monoisotopic (exact) mass is 603 g/mol. The summed E-state index contributed by atoms with van der Waals surface area (Å²) in [5, 5.41) is 8.75. The van der Waals surface area contributed by atoms with Crippen LogP contribution < -0.4 is 25.6 Å². The van der Waals surface area contributed by atoms with Gasteiger partial charge in [-0.3, -0.25) is 0 Å². The van der Waals surface area contributed by atoms with E-state index in [1.807, 2.05) is 36.5 Å². The number of nitrogens with zero attached hydrogens (tertiary/aromatic N) is 4. The van der Waals surface area contributed by atoms with Crippen molar-refractivity contribution in [1.82, 2.24) is 19.9 Å². The van der Waals surface area contributed by atoms with E-state index in [1.54, 1.807) is 14.2 Å². The van der Waals surface area contributed by atoms with Crippen LogP contribution in [0.25, 0.3) is 11.0 Å². The zero-order valence-electron chi connectivity index (χ0n) is 25.6. The molecular weight excluding hydrogens is 561 g/mol. The van der Waals surface area contributed by atoms with Gasteiger partial charge in [-0.15, -0.1) is 0 Å². The summed E-state index contributed by atoms with van der Waals surface area (Å²) in [6.07, 6.45) is 6.98. The smallest absolute Gasteiger partial charge is 0.231 e. The number of para-hydroxylation sites is 1. The first kappa shape index (κ1) is 29.6. The number of ether oxygens (including phenoxy) is 1. The number of anilines is 5. The second kappa shape index (κ2) is 13.1. The van der Waals surface area contributed by atoms with E-state index in [0.717, 1.165) is 58.3 Å². The molecule has 2 fully saturated rings. The standard InChI is InChI=1S/C32H42N7O3P/c1-21(2)42-28-20-22(10-13-27(28)39-18-15-24(16-19-39)38(3)23-11-12-23)34-32-36-30-25(14-17-33-30)31(37-32)35-26-8-6-7-9-29(26)43(40-4)41-5/h6-10,13-14,17,20-21,23-24H,11-12,15-16,18-19H2,1-5H3,(H3,33,34,35,36,37). The van der Waals surface area contributed by atoms with Crippen LogP contribution in [0.1, 0.15) is 39.5 Å². The van der Waals surface area contributed by atoms with Gasteiger partial charge in [-0.2, -0.15) is 9.97 Å². The maximum absolute atomic E-state index is 6.34. The van der Waals surface area contributed by atoms with E-state index in [1.165, 1.54) is 25.7 Å². The Morgan fingerprint density at radius 2 is 1.70 bits per heavy atom.